The number of allylic oxidation sites excluding steroid dienone is 1. The first-order valence-corrected chi connectivity index (χ1v) is 11.8. The third kappa shape index (κ3) is 5.13. The fourth-order valence-corrected chi connectivity index (χ4v) is 4.45. The quantitative estimate of drug-likeness (QED) is 0.335. The molecule has 0 spiro atoms. The number of hydrogen-bond donors (Lipinski definition) is 1. The van der Waals surface area contributed by atoms with Gasteiger partial charge < -0.3 is 24.2 Å². The Balaban J connectivity index is 1.75. The van der Waals surface area contributed by atoms with Crippen molar-refractivity contribution in [3.8, 4) is 17.1 Å². The molecule has 0 bridgehead atoms. The summed E-state index contributed by atoms with van der Waals surface area (Å²) in [5.74, 6) is 1.86. The van der Waals surface area contributed by atoms with Crippen molar-refractivity contribution >= 4 is 22.9 Å². The third-order valence-corrected chi connectivity index (χ3v) is 6.12. The highest BCUT2D eigenvalue weighted by Gasteiger charge is 2.34. The van der Waals surface area contributed by atoms with Crippen molar-refractivity contribution in [1.82, 2.24) is 20.4 Å². The molecule has 0 fully saturated rings. The maximum Gasteiger partial charge on any atom is 0.258 e. The molecule has 1 unspecified atom stereocenters. The summed E-state index contributed by atoms with van der Waals surface area (Å²) in [6.45, 7) is 8.07. The number of nitrogens with zero attached hydrogens (tertiary/aromatic N) is 3. The maximum absolute atomic E-state index is 5.81. The lowest BCUT2D eigenvalue weighted by molar-refractivity contribution is 0.188. The van der Waals surface area contributed by atoms with Gasteiger partial charge in [-0.15, -0.1) is 0 Å². The van der Waals surface area contributed by atoms with E-state index in [0.29, 0.717) is 30.0 Å². The second-order valence-electron chi connectivity index (χ2n) is 8.17. The smallest absolute Gasteiger partial charge is 0.258 e. The first kappa shape index (κ1) is 23.9. The van der Waals surface area contributed by atoms with Gasteiger partial charge in [0.2, 0.25) is 5.82 Å². The number of methoxy groups -OCH3 is 1. The highest BCUT2D eigenvalue weighted by Crippen LogP contribution is 2.38. The van der Waals surface area contributed by atoms with Crippen molar-refractivity contribution in [2.45, 2.75) is 33.2 Å². The van der Waals surface area contributed by atoms with Crippen LogP contribution in [-0.4, -0.2) is 47.0 Å². The summed E-state index contributed by atoms with van der Waals surface area (Å²) in [6.07, 6.45) is 0.842. The van der Waals surface area contributed by atoms with E-state index in [0.717, 1.165) is 46.7 Å². The van der Waals surface area contributed by atoms with E-state index in [-0.39, 0.29) is 6.04 Å². The van der Waals surface area contributed by atoms with Crippen LogP contribution in [0.2, 0.25) is 0 Å². The van der Waals surface area contributed by atoms with E-state index in [1.54, 1.807) is 7.11 Å². The second-order valence-corrected chi connectivity index (χ2v) is 8.56. The Labute approximate surface area is 205 Å². The minimum atomic E-state index is -0.229. The van der Waals surface area contributed by atoms with Crippen molar-refractivity contribution in [2.24, 2.45) is 0 Å². The molecule has 1 atom stereocenters. The van der Waals surface area contributed by atoms with E-state index in [1.165, 1.54) is 0 Å². The molecule has 178 valence electrons. The number of rotatable bonds is 9. The Morgan fingerprint density at radius 2 is 1.94 bits per heavy atom. The normalized spacial score (nSPS) is 16.1. The molecular formula is C26H30N4O3S. The van der Waals surface area contributed by atoms with Gasteiger partial charge in [0.05, 0.1) is 18.2 Å². The summed E-state index contributed by atoms with van der Waals surface area (Å²) in [5.41, 5.74) is 4.98. The third-order valence-electron chi connectivity index (χ3n) is 5.78. The van der Waals surface area contributed by atoms with Gasteiger partial charge in [0.1, 0.15) is 5.75 Å². The molecule has 0 saturated heterocycles. The number of nitrogens with one attached hydrogen (secondary N) is 1. The van der Waals surface area contributed by atoms with Gasteiger partial charge in [0.25, 0.3) is 5.89 Å². The Kier molecular flexibility index (Phi) is 7.59. The lowest BCUT2D eigenvalue weighted by atomic mass is 9.94. The standard InChI is InChI=1S/C26H30N4O3S/c1-5-32-21-12-10-19(11-13-21)23-22(18(3)30(26(34)27-23)14-7-15-31-4)25-28-24(29-33-25)20-9-6-8-17(2)16-20/h6,8-13,16,23H,5,7,14-15H2,1-4H3,(H,27,34). The van der Waals surface area contributed by atoms with Gasteiger partial charge in [0.15, 0.2) is 5.11 Å². The van der Waals surface area contributed by atoms with Crippen LogP contribution in [0.15, 0.2) is 58.8 Å². The monoisotopic (exact) mass is 478 g/mol. The van der Waals surface area contributed by atoms with Gasteiger partial charge >= 0.3 is 0 Å². The second kappa shape index (κ2) is 10.8. The molecule has 4 rings (SSSR count). The summed E-state index contributed by atoms with van der Waals surface area (Å²) >= 11 is 5.75. The summed E-state index contributed by atoms with van der Waals surface area (Å²) in [7, 11) is 1.70. The van der Waals surface area contributed by atoms with E-state index in [4.69, 9.17) is 31.2 Å². The van der Waals surface area contributed by atoms with E-state index in [2.05, 4.69) is 15.4 Å². The van der Waals surface area contributed by atoms with Crippen LogP contribution in [0, 0.1) is 6.92 Å². The maximum atomic E-state index is 5.81. The Morgan fingerprint density at radius 3 is 2.65 bits per heavy atom. The molecule has 0 amide bonds. The molecule has 0 aliphatic carbocycles. The molecule has 8 heteroatoms. The average Bonchev–Trinajstić information content (AvgIpc) is 3.31. The lowest BCUT2D eigenvalue weighted by Crippen LogP contribution is -2.46. The predicted octanol–water partition coefficient (Wildman–Crippen LogP) is 5.14. The zero-order chi connectivity index (χ0) is 24.1. The van der Waals surface area contributed by atoms with Gasteiger partial charge in [-0.1, -0.05) is 41.1 Å². The number of thiocarbonyl (C=S) groups is 1. The van der Waals surface area contributed by atoms with Gasteiger partial charge in [0, 0.05) is 31.5 Å². The molecule has 2 heterocycles. The van der Waals surface area contributed by atoms with E-state index in [1.807, 2.05) is 69.3 Å². The van der Waals surface area contributed by atoms with Gasteiger partial charge in [-0.05, 0) is 63.2 Å². The van der Waals surface area contributed by atoms with Crippen molar-refractivity contribution in [3.63, 3.8) is 0 Å². The predicted molar refractivity (Wildman–Crippen MR) is 136 cm³/mol. The summed E-state index contributed by atoms with van der Waals surface area (Å²) in [6, 6.07) is 15.8. The molecule has 0 saturated carbocycles. The number of hydrogen-bond acceptors (Lipinski definition) is 6. The van der Waals surface area contributed by atoms with Crippen LogP contribution in [0.3, 0.4) is 0 Å². The SMILES string of the molecule is CCOc1ccc(C2NC(=S)N(CCCOC)C(C)=C2c2nc(-c3cccc(C)c3)no2)cc1. The molecule has 1 aromatic heterocycles. The summed E-state index contributed by atoms with van der Waals surface area (Å²) in [4.78, 5) is 6.85. The van der Waals surface area contributed by atoms with Crippen LogP contribution in [0.1, 0.15) is 43.3 Å². The minimum Gasteiger partial charge on any atom is -0.494 e. The molecule has 0 radical (unpaired) electrons. The van der Waals surface area contributed by atoms with Crippen LogP contribution in [-0.2, 0) is 4.74 Å². The molecular weight excluding hydrogens is 448 g/mol. The largest absolute Gasteiger partial charge is 0.494 e. The number of aryl methyl sites for hydroxylation is 1. The van der Waals surface area contributed by atoms with Crippen LogP contribution < -0.4 is 10.1 Å². The molecule has 1 aliphatic rings. The molecule has 7 nitrogen and oxygen atoms in total. The van der Waals surface area contributed by atoms with Crippen LogP contribution in [0.4, 0.5) is 0 Å². The summed E-state index contributed by atoms with van der Waals surface area (Å²) < 4.78 is 16.7. The van der Waals surface area contributed by atoms with Crippen LogP contribution >= 0.6 is 12.2 Å². The number of ether oxygens (including phenoxy) is 2. The van der Waals surface area contributed by atoms with E-state index in [9.17, 15) is 0 Å². The fourth-order valence-electron chi connectivity index (χ4n) is 4.10. The Hall–Kier alpha value is -3.23. The summed E-state index contributed by atoms with van der Waals surface area (Å²) in [5, 5.41) is 8.43. The lowest BCUT2D eigenvalue weighted by Gasteiger charge is -2.37. The molecule has 2 aromatic carbocycles. The van der Waals surface area contributed by atoms with Crippen molar-refractivity contribution in [2.75, 3.05) is 26.9 Å². The topological polar surface area (TPSA) is 72.7 Å². The van der Waals surface area contributed by atoms with Crippen LogP contribution in [0.5, 0.6) is 5.75 Å². The van der Waals surface area contributed by atoms with Crippen molar-refractivity contribution < 1.29 is 14.0 Å². The number of aromatic nitrogens is 2. The first-order chi connectivity index (χ1) is 16.5. The number of benzene rings is 2. The zero-order valence-corrected chi connectivity index (χ0v) is 20.8. The van der Waals surface area contributed by atoms with Gasteiger partial charge in [-0.25, -0.2) is 0 Å². The van der Waals surface area contributed by atoms with Crippen LogP contribution in [0.25, 0.3) is 17.0 Å². The molecule has 3 aromatic rings. The highest BCUT2D eigenvalue weighted by molar-refractivity contribution is 7.80. The Morgan fingerprint density at radius 1 is 1.15 bits per heavy atom. The average molecular weight is 479 g/mol. The van der Waals surface area contributed by atoms with Crippen molar-refractivity contribution in [3.05, 3.63) is 71.2 Å². The van der Waals surface area contributed by atoms with E-state index < -0.39 is 0 Å². The zero-order valence-electron chi connectivity index (χ0n) is 20.0. The minimum absolute atomic E-state index is 0.229. The fraction of sp³-hybridized carbons (Fsp3) is 0.346. The Bertz CT molecular complexity index is 1170. The van der Waals surface area contributed by atoms with Gasteiger partial charge in [-0.3, -0.25) is 0 Å². The molecule has 1 aliphatic heterocycles. The first-order valence-electron chi connectivity index (χ1n) is 11.4. The highest BCUT2D eigenvalue weighted by atomic mass is 32.1. The molecule has 34 heavy (non-hydrogen) atoms. The molecule has 1 N–H and O–H groups in total. The van der Waals surface area contributed by atoms with Crippen molar-refractivity contribution in [1.29, 1.82) is 0 Å². The van der Waals surface area contributed by atoms with E-state index >= 15 is 0 Å². The van der Waals surface area contributed by atoms with Gasteiger partial charge in [-0.2, -0.15) is 4.98 Å².